The predicted octanol–water partition coefficient (Wildman–Crippen LogP) is 6.70. The number of aryl methyl sites for hydroxylation is 1. The Balaban J connectivity index is 2.06. The number of esters is 1. The van der Waals surface area contributed by atoms with Crippen molar-refractivity contribution in [3.63, 3.8) is 0 Å². The van der Waals surface area contributed by atoms with E-state index in [-0.39, 0.29) is 10.8 Å². The summed E-state index contributed by atoms with van der Waals surface area (Å²) in [5.41, 5.74) is 2.84. The summed E-state index contributed by atoms with van der Waals surface area (Å²) in [6.07, 6.45) is -0.738. The Kier molecular flexibility index (Phi) is 6.96. The molecule has 1 aliphatic rings. The summed E-state index contributed by atoms with van der Waals surface area (Å²) in [5.74, 6) is -0.701. The van der Waals surface area contributed by atoms with Gasteiger partial charge >= 0.3 is 12.1 Å². The molecule has 1 aliphatic carbocycles. The highest BCUT2D eigenvalue weighted by Gasteiger charge is 2.32. The highest BCUT2D eigenvalue weighted by molar-refractivity contribution is 6.34. The van der Waals surface area contributed by atoms with Crippen LogP contribution in [-0.2, 0) is 9.53 Å². The molecule has 3 nitrogen and oxygen atoms in total. The Morgan fingerprint density at radius 3 is 2.40 bits per heavy atom. The third-order valence-corrected chi connectivity index (χ3v) is 5.89. The Hall–Kier alpha value is -2.21. The minimum Gasteiger partial charge on any atom is -0.483 e. The van der Waals surface area contributed by atoms with Crippen LogP contribution in [0.1, 0.15) is 42.7 Å². The molecule has 0 spiro atoms. The fraction of sp³-hybridized carbons (Fsp3) is 0.435. The van der Waals surface area contributed by atoms with Gasteiger partial charge in [0.05, 0.1) is 18.1 Å². The molecule has 0 amide bonds. The predicted molar refractivity (Wildman–Crippen MR) is 110 cm³/mol. The number of rotatable bonds is 7. The second-order valence-corrected chi connectivity index (χ2v) is 8.14. The molecule has 0 saturated heterocycles. The zero-order valence-electron chi connectivity index (χ0n) is 16.9. The van der Waals surface area contributed by atoms with Crippen molar-refractivity contribution in [1.82, 2.24) is 0 Å². The largest absolute Gasteiger partial charge is 0.483 e. The second-order valence-electron chi connectivity index (χ2n) is 7.76. The van der Waals surface area contributed by atoms with Crippen LogP contribution in [0.5, 0.6) is 5.75 Å². The van der Waals surface area contributed by atoms with E-state index in [4.69, 9.17) is 21.1 Å². The third-order valence-electron chi connectivity index (χ3n) is 5.50. The van der Waals surface area contributed by atoms with Crippen molar-refractivity contribution in [2.45, 2.75) is 44.7 Å². The number of carbonyl (C=O) groups excluding carboxylic acids is 1. The van der Waals surface area contributed by atoms with Gasteiger partial charge in [-0.15, -0.1) is 0 Å². The molecule has 1 saturated carbocycles. The van der Waals surface area contributed by atoms with Crippen molar-refractivity contribution >= 4 is 17.6 Å². The second kappa shape index (κ2) is 9.29. The summed E-state index contributed by atoms with van der Waals surface area (Å²) in [5, 5.41) is 0.0825. The molecule has 3 rings (SSSR count). The molecule has 0 bridgehead atoms. The number of ether oxygens (including phenoxy) is 2. The molecular weight excluding hydrogens is 417 g/mol. The van der Waals surface area contributed by atoms with Gasteiger partial charge in [-0.25, -0.2) is 0 Å². The number of methoxy groups -OCH3 is 1. The molecule has 0 N–H and O–H groups in total. The van der Waals surface area contributed by atoms with Crippen LogP contribution >= 0.6 is 11.6 Å². The summed E-state index contributed by atoms with van der Waals surface area (Å²) in [7, 11) is 1.31. The van der Waals surface area contributed by atoms with Gasteiger partial charge in [0.2, 0.25) is 0 Å². The quantitative estimate of drug-likeness (QED) is 0.449. The molecule has 0 radical (unpaired) electrons. The van der Waals surface area contributed by atoms with E-state index in [9.17, 15) is 18.0 Å². The van der Waals surface area contributed by atoms with E-state index in [1.54, 1.807) is 6.07 Å². The molecule has 162 valence electrons. The van der Waals surface area contributed by atoms with Crippen LogP contribution in [0.4, 0.5) is 13.2 Å². The summed E-state index contributed by atoms with van der Waals surface area (Å²) < 4.78 is 48.3. The maximum absolute atomic E-state index is 12.8. The van der Waals surface area contributed by atoms with Gasteiger partial charge in [0, 0.05) is 5.56 Å². The Labute approximate surface area is 179 Å². The first-order valence-corrected chi connectivity index (χ1v) is 10.2. The van der Waals surface area contributed by atoms with Crippen molar-refractivity contribution in [1.29, 1.82) is 0 Å². The minimum atomic E-state index is -4.50. The number of carbonyl (C=O) groups is 1. The Bertz CT molecular complexity index is 890. The van der Waals surface area contributed by atoms with E-state index in [1.807, 2.05) is 31.2 Å². The van der Waals surface area contributed by atoms with E-state index in [1.165, 1.54) is 13.2 Å². The lowest BCUT2D eigenvalue weighted by Crippen LogP contribution is -2.22. The average molecular weight is 441 g/mol. The first kappa shape index (κ1) is 22.5. The molecule has 0 aromatic heterocycles. The van der Waals surface area contributed by atoms with Gasteiger partial charge in [0.1, 0.15) is 5.75 Å². The van der Waals surface area contributed by atoms with Gasteiger partial charge in [0.15, 0.2) is 6.61 Å². The van der Waals surface area contributed by atoms with Crippen LogP contribution in [0.15, 0.2) is 36.4 Å². The van der Waals surface area contributed by atoms with Crippen LogP contribution in [0.3, 0.4) is 0 Å². The molecule has 1 unspecified atom stereocenters. The van der Waals surface area contributed by atoms with Crippen LogP contribution in [-0.4, -0.2) is 25.9 Å². The van der Waals surface area contributed by atoms with Crippen molar-refractivity contribution in [2.24, 2.45) is 5.92 Å². The molecule has 0 heterocycles. The summed E-state index contributed by atoms with van der Waals surface area (Å²) in [6.45, 7) is 0.473. The lowest BCUT2D eigenvalue weighted by atomic mass is 9.77. The zero-order chi connectivity index (χ0) is 21.9. The summed E-state index contributed by atoms with van der Waals surface area (Å²) in [6, 6.07) is 10.7. The monoisotopic (exact) mass is 440 g/mol. The van der Waals surface area contributed by atoms with Gasteiger partial charge in [0.25, 0.3) is 0 Å². The number of halogens is 4. The molecule has 0 aliphatic heterocycles. The lowest BCUT2D eigenvalue weighted by molar-refractivity contribution is -0.153. The SMILES string of the molecule is COC(=O)C(CC1CCC1)c1cc(OCC(F)(F)F)c(Cl)c(-c2ccc(C)cc2)c1. The number of benzene rings is 2. The van der Waals surface area contributed by atoms with Gasteiger partial charge < -0.3 is 9.47 Å². The van der Waals surface area contributed by atoms with E-state index in [2.05, 4.69) is 0 Å². The average Bonchev–Trinajstić information content (AvgIpc) is 2.66. The highest BCUT2D eigenvalue weighted by Crippen LogP contribution is 2.42. The zero-order valence-corrected chi connectivity index (χ0v) is 17.6. The van der Waals surface area contributed by atoms with Crippen LogP contribution in [0.2, 0.25) is 5.02 Å². The lowest BCUT2D eigenvalue weighted by Gasteiger charge is -2.29. The van der Waals surface area contributed by atoms with Crippen LogP contribution in [0, 0.1) is 12.8 Å². The fourth-order valence-corrected chi connectivity index (χ4v) is 3.87. The number of hydrogen-bond donors (Lipinski definition) is 0. The number of alkyl halides is 3. The van der Waals surface area contributed by atoms with Crippen molar-refractivity contribution < 1.29 is 27.4 Å². The minimum absolute atomic E-state index is 0.0825. The maximum atomic E-state index is 12.8. The normalized spacial score (nSPS) is 15.4. The van der Waals surface area contributed by atoms with Gasteiger partial charge in [-0.1, -0.05) is 60.7 Å². The van der Waals surface area contributed by atoms with Gasteiger partial charge in [-0.3, -0.25) is 4.79 Å². The molecule has 30 heavy (non-hydrogen) atoms. The molecular formula is C23H24ClF3O3. The molecule has 7 heteroatoms. The highest BCUT2D eigenvalue weighted by atomic mass is 35.5. The van der Waals surface area contributed by atoms with Crippen LogP contribution in [0.25, 0.3) is 11.1 Å². The first-order chi connectivity index (χ1) is 14.2. The van der Waals surface area contributed by atoms with E-state index < -0.39 is 24.7 Å². The van der Waals surface area contributed by atoms with Crippen LogP contribution < -0.4 is 4.74 Å². The molecule has 1 atom stereocenters. The van der Waals surface area contributed by atoms with Crippen molar-refractivity contribution in [2.75, 3.05) is 13.7 Å². The molecule has 2 aromatic rings. The molecule has 1 fully saturated rings. The van der Waals surface area contributed by atoms with E-state index >= 15 is 0 Å². The smallest absolute Gasteiger partial charge is 0.422 e. The van der Waals surface area contributed by atoms with E-state index in [0.717, 1.165) is 30.4 Å². The maximum Gasteiger partial charge on any atom is 0.422 e. The Morgan fingerprint density at radius 2 is 1.87 bits per heavy atom. The van der Waals surface area contributed by atoms with Gasteiger partial charge in [-0.05, 0) is 42.5 Å². The molecule has 2 aromatic carbocycles. The van der Waals surface area contributed by atoms with E-state index in [0.29, 0.717) is 23.5 Å². The first-order valence-electron chi connectivity index (χ1n) is 9.86. The third kappa shape index (κ3) is 5.48. The topological polar surface area (TPSA) is 35.5 Å². The Morgan fingerprint density at radius 1 is 1.20 bits per heavy atom. The standard InChI is InChI=1S/C23H24ClF3O3/c1-14-6-8-16(9-7-14)18-11-17(12-20(21(18)24)30-13-23(25,26)27)19(22(28)29-2)10-15-4-3-5-15/h6-9,11-12,15,19H,3-5,10,13H2,1-2H3. The van der Waals surface area contributed by atoms with Crippen molar-refractivity contribution in [3.05, 3.63) is 52.5 Å². The summed E-state index contributed by atoms with van der Waals surface area (Å²) >= 11 is 6.44. The van der Waals surface area contributed by atoms with Gasteiger partial charge in [-0.2, -0.15) is 13.2 Å². The van der Waals surface area contributed by atoms with Crippen molar-refractivity contribution in [3.8, 4) is 16.9 Å². The fourth-order valence-electron chi connectivity index (χ4n) is 3.60. The number of hydrogen-bond acceptors (Lipinski definition) is 3. The summed E-state index contributed by atoms with van der Waals surface area (Å²) in [4.78, 5) is 12.5.